The fourth-order valence-corrected chi connectivity index (χ4v) is 1.99. The molecule has 3 amide bonds. The third-order valence-electron chi connectivity index (χ3n) is 3.49. The first-order valence-electron chi connectivity index (χ1n) is 8.57. The number of guanidine groups is 1. The van der Waals surface area contributed by atoms with Crippen molar-refractivity contribution in [2.24, 2.45) is 22.2 Å². The molecule has 0 aromatic heterocycles. The average molecular weight is 417 g/mol. The Labute approximate surface area is 166 Å². The molecule has 0 aliphatic carbocycles. The maximum Gasteiger partial charge on any atom is 0.326 e. The molecule has 14 nitrogen and oxygen atoms in total. The summed E-state index contributed by atoms with van der Waals surface area (Å²) >= 11 is 0. The average Bonchev–Trinajstić information content (AvgIpc) is 2.60. The smallest absolute Gasteiger partial charge is 0.326 e. The van der Waals surface area contributed by atoms with Crippen molar-refractivity contribution in [2.45, 2.75) is 44.3 Å². The van der Waals surface area contributed by atoms with Gasteiger partial charge in [0.05, 0.1) is 19.0 Å². The number of nitrogens with one attached hydrogen (secondary N) is 3. The van der Waals surface area contributed by atoms with Crippen LogP contribution in [-0.2, 0) is 24.0 Å². The molecule has 11 N–H and O–H groups in total. The van der Waals surface area contributed by atoms with E-state index in [0.717, 1.165) is 0 Å². The van der Waals surface area contributed by atoms with Crippen molar-refractivity contribution in [3.63, 3.8) is 0 Å². The molecule has 0 aromatic carbocycles. The van der Waals surface area contributed by atoms with Crippen LogP contribution in [0, 0.1) is 0 Å². The van der Waals surface area contributed by atoms with Gasteiger partial charge < -0.3 is 43.4 Å². The van der Waals surface area contributed by atoms with Gasteiger partial charge in [0.1, 0.15) is 12.1 Å². The first-order chi connectivity index (χ1) is 13.4. The molecule has 3 atom stereocenters. The van der Waals surface area contributed by atoms with Crippen molar-refractivity contribution in [1.82, 2.24) is 16.0 Å². The number of rotatable bonds is 13. The molecule has 0 spiro atoms. The summed E-state index contributed by atoms with van der Waals surface area (Å²) in [6.45, 7) is 0.972. The van der Waals surface area contributed by atoms with Crippen molar-refractivity contribution in [3.8, 4) is 0 Å². The van der Waals surface area contributed by atoms with E-state index in [9.17, 15) is 24.0 Å². The molecule has 0 aromatic rings. The Balaban J connectivity index is 4.42. The third kappa shape index (κ3) is 11.8. The lowest BCUT2D eigenvalue weighted by molar-refractivity contribution is -0.142. The Kier molecular flexibility index (Phi) is 11.4. The number of amides is 3. The molecule has 0 bridgehead atoms. The van der Waals surface area contributed by atoms with Gasteiger partial charge in [-0.25, -0.2) is 4.79 Å². The molecule has 0 aliphatic rings. The minimum Gasteiger partial charge on any atom is -0.481 e. The standard InChI is InChI=1S/C15H27N7O7/c1-7(21-13(27)8(16)5-11(24)25)12(26)20-6-10(23)22-9(14(28)29)3-2-4-19-15(17)18/h7-9H,2-6,16H2,1H3,(H,20,26)(H,21,27)(H,22,23)(H,24,25)(H,28,29)(H4,17,18,19). The van der Waals surface area contributed by atoms with Gasteiger partial charge in [0.25, 0.3) is 0 Å². The van der Waals surface area contributed by atoms with Crippen LogP contribution in [-0.4, -0.2) is 77.0 Å². The summed E-state index contributed by atoms with van der Waals surface area (Å²) < 4.78 is 0. The van der Waals surface area contributed by atoms with Gasteiger partial charge in [0, 0.05) is 6.54 Å². The lowest BCUT2D eigenvalue weighted by Gasteiger charge is -2.17. The molecule has 0 aliphatic heterocycles. The van der Waals surface area contributed by atoms with Crippen LogP contribution >= 0.6 is 0 Å². The van der Waals surface area contributed by atoms with Crippen LogP contribution in [0.25, 0.3) is 0 Å². The van der Waals surface area contributed by atoms with Crippen LogP contribution in [0.1, 0.15) is 26.2 Å². The van der Waals surface area contributed by atoms with Gasteiger partial charge in [-0.05, 0) is 19.8 Å². The minimum absolute atomic E-state index is 0.0692. The number of hydrogen-bond acceptors (Lipinski definition) is 7. The SMILES string of the molecule is CC(NC(=O)C(N)CC(=O)O)C(=O)NCC(=O)NC(CCCN=C(N)N)C(=O)O. The maximum absolute atomic E-state index is 11.9. The number of aliphatic carboxylic acids is 2. The number of aliphatic imine (C=N–C) groups is 1. The number of carbonyl (C=O) groups excluding carboxylic acids is 3. The topological polar surface area (TPSA) is 252 Å². The van der Waals surface area contributed by atoms with Gasteiger partial charge in [-0.3, -0.25) is 24.2 Å². The van der Waals surface area contributed by atoms with Crippen molar-refractivity contribution in [3.05, 3.63) is 0 Å². The molecule has 0 saturated heterocycles. The second-order valence-electron chi connectivity index (χ2n) is 6.06. The van der Waals surface area contributed by atoms with Crippen LogP contribution in [0.3, 0.4) is 0 Å². The normalized spacial score (nSPS) is 13.3. The highest BCUT2D eigenvalue weighted by molar-refractivity contribution is 5.93. The summed E-state index contributed by atoms with van der Waals surface area (Å²) in [5, 5.41) is 24.4. The molecule has 0 heterocycles. The Morgan fingerprint density at radius 1 is 1.03 bits per heavy atom. The first kappa shape index (κ1) is 25.6. The Bertz CT molecular complexity index is 649. The highest BCUT2D eigenvalue weighted by Gasteiger charge is 2.23. The molecule has 0 rings (SSSR count). The molecule has 164 valence electrons. The number of carboxylic acid groups (broad SMARTS) is 2. The van der Waals surface area contributed by atoms with Crippen LogP contribution in [0.5, 0.6) is 0 Å². The van der Waals surface area contributed by atoms with E-state index in [1.165, 1.54) is 6.92 Å². The van der Waals surface area contributed by atoms with Crippen LogP contribution < -0.4 is 33.2 Å². The van der Waals surface area contributed by atoms with Crippen molar-refractivity contribution in [2.75, 3.05) is 13.1 Å². The fourth-order valence-electron chi connectivity index (χ4n) is 1.99. The van der Waals surface area contributed by atoms with E-state index in [4.69, 9.17) is 27.4 Å². The number of carboxylic acids is 2. The zero-order chi connectivity index (χ0) is 22.6. The van der Waals surface area contributed by atoms with Crippen LogP contribution in [0.2, 0.25) is 0 Å². The lowest BCUT2D eigenvalue weighted by Crippen LogP contribution is -2.52. The highest BCUT2D eigenvalue weighted by Crippen LogP contribution is 1.98. The van der Waals surface area contributed by atoms with E-state index in [-0.39, 0.29) is 18.9 Å². The second-order valence-corrected chi connectivity index (χ2v) is 6.06. The van der Waals surface area contributed by atoms with Crippen molar-refractivity contribution in [1.29, 1.82) is 0 Å². The van der Waals surface area contributed by atoms with E-state index in [2.05, 4.69) is 20.9 Å². The Morgan fingerprint density at radius 2 is 1.66 bits per heavy atom. The Morgan fingerprint density at radius 3 is 2.17 bits per heavy atom. The molecule has 0 fully saturated rings. The summed E-state index contributed by atoms with van der Waals surface area (Å²) in [7, 11) is 0. The summed E-state index contributed by atoms with van der Waals surface area (Å²) in [6, 6.07) is -3.62. The summed E-state index contributed by atoms with van der Waals surface area (Å²) in [6.07, 6.45) is -0.233. The molecule has 0 radical (unpaired) electrons. The van der Waals surface area contributed by atoms with Crippen molar-refractivity contribution < 1.29 is 34.2 Å². The predicted molar refractivity (Wildman–Crippen MR) is 100 cm³/mol. The van der Waals surface area contributed by atoms with E-state index in [1.807, 2.05) is 0 Å². The summed E-state index contributed by atoms with van der Waals surface area (Å²) in [5.74, 6) is -5.00. The quantitative estimate of drug-likeness (QED) is 0.0819. The van der Waals surface area contributed by atoms with Crippen LogP contribution in [0.4, 0.5) is 0 Å². The third-order valence-corrected chi connectivity index (χ3v) is 3.49. The van der Waals surface area contributed by atoms with E-state index >= 15 is 0 Å². The molecule has 0 saturated carbocycles. The van der Waals surface area contributed by atoms with Crippen molar-refractivity contribution >= 4 is 35.6 Å². The number of hydrogen-bond donors (Lipinski definition) is 8. The van der Waals surface area contributed by atoms with E-state index in [1.54, 1.807) is 0 Å². The van der Waals surface area contributed by atoms with Gasteiger partial charge >= 0.3 is 11.9 Å². The lowest BCUT2D eigenvalue weighted by atomic mass is 10.1. The molecular formula is C15H27N7O7. The predicted octanol–water partition coefficient (Wildman–Crippen LogP) is -3.97. The van der Waals surface area contributed by atoms with Gasteiger partial charge in [0.2, 0.25) is 17.7 Å². The number of nitrogens with two attached hydrogens (primary N) is 3. The first-order valence-corrected chi connectivity index (χ1v) is 8.57. The second kappa shape index (κ2) is 12.9. The fraction of sp³-hybridized carbons (Fsp3) is 0.600. The maximum atomic E-state index is 11.9. The molecule has 3 unspecified atom stereocenters. The highest BCUT2D eigenvalue weighted by atomic mass is 16.4. The van der Waals surface area contributed by atoms with Gasteiger partial charge in [-0.2, -0.15) is 0 Å². The zero-order valence-corrected chi connectivity index (χ0v) is 15.9. The summed E-state index contributed by atoms with van der Waals surface area (Å²) in [5.41, 5.74) is 15.7. The molecular weight excluding hydrogens is 390 g/mol. The Hall–Kier alpha value is -3.42. The zero-order valence-electron chi connectivity index (χ0n) is 15.9. The minimum atomic E-state index is -1.33. The monoisotopic (exact) mass is 417 g/mol. The number of nitrogens with zero attached hydrogens (tertiary/aromatic N) is 1. The summed E-state index contributed by atoms with van der Waals surface area (Å²) in [4.78, 5) is 60.8. The molecule has 14 heteroatoms. The molecule has 29 heavy (non-hydrogen) atoms. The van der Waals surface area contributed by atoms with Gasteiger partial charge in [0.15, 0.2) is 5.96 Å². The van der Waals surface area contributed by atoms with Gasteiger partial charge in [-0.1, -0.05) is 0 Å². The van der Waals surface area contributed by atoms with E-state index < -0.39 is 60.8 Å². The van der Waals surface area contributed by atoms with E-state index in [0.29, 0.717) is 6.42 Å². The van der Waals surface area contributed by atoms with Gasteiger partial charge in [-0.15, -0.1) is 0 Å². The number of carbonyl (C=O) groups is 5. The largest absolute Gasteiger partial charge is 0.481 e. The van der Waals surface area contributed by atoms with Crippen LogP contribution in [0.15, 0.2) is 4.99 Å².